The molecule has 0 saturated carbocycles. The number of phenols is 1. The predicted molar refractivity (Wildman–Crippen MR) is 118 cm³/mol. The van der Waals surface area contributed by atoms with E-state index in [2.05, 4.69) is 32.9 Å². The lowest BCUT2D eigenvalue weighted by Crippen LogP contribution is -2.30. The molecule has 1 aliphatic heterocycles. The van der Waals surface area contributed by atoms with Gasteiger partial charge >= 0.3 is 0 Å². The Hall–Kier alpha value is -2.00. The quantitative estimate of drug-likeness (QED) is 0.547. The van der Waals surface area contributed by atoms with Gasteiger partial charge in [0.1, 0.15) is 11.5 Å². The topological polar surface area (TPSA) is 89.6 Å². The summed E-state index contributed by atoms with van der Waals surface area (Å²) in [5, 5.41) is 14.6. The Morgan fingerprint density at radius 1 is 1.21 bits per heavy atom. The number of nitrogens with zero attached hydrogens (tertiary/aromatic N) is 1. The number of allylic oxidation sites excluding steroid dienone is 4. The van der Waals surface area contributed by atoms with Crippen molar-refractivity contribution in [3.05, 3.63) is 45.5 Å². The zero-order valence-corrected chi connectivity index (χ0v) is 17.7. The molecule has 28 heavy (non-hydrogen) atoms. The number of fused-ring (bicyclic) bond motifs is 1. The zero-order chi connectivity index (χ0) is 19.5. The van der Waals surface area contributed by atoms with E-state index in [1.165, 1.54) is 0 Å². The van der Waals surface area contributed by atoms with Gasteiger partial charge in [0.05, 0.1) is 15.7 Å². The van der Waals surface area contributed by atoms with Gasteiger partial charge in [-0.05, 0) is 79.1 Å². The monoisotopic (exact) mass is 493 g/mol. The third kappa shape index (κ3) is 4.35. The molecule has 0 amide bonds. The number of aromatic hydroxyl groups is 1. The molecule has 0 atom stereocenters. The molecule has 1 aromatic heterocycles. The fourth-order valence-corrected chi connectivity index (χ4v) is 4.30. The van der Waals surface area contributed by atoms with Crippen LogP contribution in [0.25, 0.3) is 10.9 Å². The van der Waals surface area contributed by atoms with Crippen LogP contribution in [0.4, 0.5) is 0 Å². The number of nitrogens with one attached hydrogen (secondary N) is 1. The van der Waals surface area contributed by atoms with E-state index in [0.29, 0.717) is 24.0 Å². The standard InChI is InChI=1S/C21H24IN3O3/c22-16-9-14(23)1-2-20(16)28-19-5-8-25-17-11-21(18(26)10-15(17)19)27-12-13-3-6-24-7-4-13/h5,8-11,13,24,26H,1-4,6-7,12,23H2. The Morgan fingerprint density at radius 2 is 2.04 bits per heavy atom. The summed E-state index contributed by atoms with van der Waals surface area (Å²) in [4.78, 5) is 4.43. The SMILES string of the molecule is NC1=CC(I)=C(Oc2ccnc3cc(OCC4CCNCC4)c(O)cc23)CC1. The molecule has 4 rings (SSSR count). The van der Waals surface area contributed by atoms with Crippen LogP contribution in [0.5, 0.6) is 17.2 Å². The first-order valence-corrected chi connectivity index (χ1v) is 10.7. The molecule has 1 aromatic carbocycles. The second-order valence-electron chi connectivity index (χ2n) is 7.24. The number of rotatable bonds is 5. The summed E-state index contributed by atoms with van der Waals surface area (Å²) in [6.07, 6.45) is 7.38. The van der Waals surface area contributed by atoms with Crippen LogP contribution in [-0.4, -0.2) is 29.8 Å². The van der Waals surface area contributed by atoms with Crippen LogP contribution >= 0.6 is 22.6 Å². The van der Waals surface area contributed by atoms with Crippen molar-refractivity contribution in [1.82, 2.24) is 10.3 Å². The van der Waals surface area contributed by atoms with Gasteiger partial charge in [-0.2, -0.15) is 0 Å². The molecule has 1 saturated heterocycles. The summed E-state index contributed by atoms with van der Waals surface area (Å²) >= 11 is 2.24. The average molecular weight is 493 g/mol. The minimum Gasteiger partial charge on any atom is -0.504 e. The van der Waals surface area contributed by atoms with Crippen molar-refractivity contribution in [2.24, 2.45) is 11.7 Å². The molecular weight excluding hydrogens is 469 g/mol. The minimum atomic E-state index is 0.107. The first kappa shape index (κ1) is 19.3. The summed E-state index contributed by atoms with van der Waals surface area (Å²) < 4.78 is 13.1. The molecule has 4 N–H and O–H groups in total. The van der Waals surface area contributed by atoms with E-state index in [1.54, 1.807) is 18.3 Å². The van der Waals surface area contributed by atoms with Crippen LogP contribution in [0.2, 0.25) is 0 Å². The number of pyridine rings is 1. The van der Waals surface area contributed by atoms with Gasteiger partial charge in [0, 0.05) is 29.8 Å². The van der Waals surface area contributed by atoms with E-state index in [-0.39, 0.29) is 5.75 Å². The highest BCUT2D eigenvalue weighted by Crippen LogP contribution is 2.37. The number of piperidine rings is 1. The van der Waals surface area contributed by atoms with Crippen molar-refractivity contribution < 1.29 is 14.6 Å². The highest BCUT2D eigenvalue weighted by Gasteiger charge is 2.17. The van der Waals surface area contributed by atoms with Gasteiger partial charge in [-0.1, -0.05) is 0 Å². The number of hydrogen-bond donors (Lipinski definition) is 3. The van der Waals surface area contributed by atoms with E-state index in [1.807, 2.05) is 12.1 Å². The first-order valence-electron chi connectivity index (χ1n) is 9.58. The Kier molecular flexibility index (Phi) is 5.91. The van der Waals surface area contributed by atoms with Gasteiger partial charge < -0.3 is 25.6 Å². The van der Waals surface area contributed by atoms with Crippen LogP contribution in [-0.2, 0) is 0 Å². The molecule has 0 radical (unpaired) electrons. The molecule has 1 aliphatic carbocycles. The van der Waals surface area contributed by atoms with Gasteiger partial charge in [-0.15, -0.1) is 0 Å². The number of ether oxygens (including phenoxy) is 2. The van der Waals surface area contributed by atoms with Crippen molar-refractivity contribution in [1.29, 1.82) is 0 Å². The van der Waals surface area contributed by atoms with Gasteiger partial charge in [-0.3, -0.25) is 4.98 Å². The molecule has 6 nitrogen and oxygen atoms in total. The number of halogens is 1. The van der Waals surface area contributed by atoms with Crippen LogP contribution in [0.15, 0.2) is 45.5 Å². The Labute approximate surface area is 177 Å². The largest absolute Gasteiger partial charge is 0.504 e. The van der Waals surface area contributed by atoms with Crippen LogP contribution in [0.3, 0.4) is 0 Å². The molecule has 0 spiro atoms. The van der Waals surface area contributed by atoms with E-state index in [4.69, 9.17) is 15.2 Å². The molecule has 0 unspecified atom stereocenters. The van der Waals surface area contributed by atoms with E-state index in [9.17, 15) is 5.11 Å². The summed E-state index contributed by atoms with van der Waals surface area (Å²) in [5.74, 6) is 2.64. The molecule has 2 heterocycles. The van der Waals surface area contributed by atoms with E-state index in [0.717, 1.165) is 64.7 Å². The van der Waals surface area contributed by atoms with E-state index >= 15 is 0 Å². The third-order valence-corrected chi connectivity index (χ3v) is 6.08. The van der Waals surface area contributed by atoms with Gasteiger partial charge in [0.25, 0.3) is 0 Å². The van der Waals surface area contributed by atoms with Crippen molar-refractivity contribution in [3.8, 4) is 17.2 Å². The van der Waals surface area contributed by atoms with Crippen molar-refractivity contribution in [3.63, 3.8) is 0 Å². The number of aromatic nitrogens is 1. The maximum Gasteiger partial charge on any atom is 0.163 e. The first-order chi connectivity index (χ1) is 13.6. The van der Waals surface area contributed by atoms with Gasteiger partial charge in [0.15, 0.2) is 11.5 Å². The molecule has 0 bridgehead atoms. The summed E-state index contributed by atoms with van der Waals surface area (Å²) in [5.41, 5.74) is 7.49. The maximum atomic E-state index is 10.5. The van der Waals surface area contributed by atoms with Crippen molar-refractivity contribution >= 4 is 33.5 Å². The third-order valence-electron chi connectivity index (χ3n) is 5.17. The zero-order valence-electron chi connectivity index (χ0n) is 15.6. The number of hydrogen-bond acceptors (Lipinski definition) is 6. The molecule has 2 aromatic rings. The predicted octanol–water partition coefficient (Wildman–Crippen LogP) is 3.98. The smallest absolute Gasteiger partial charge is 0.163 e. The van der Waals surface area contributed by atoms with Crippen molar-refractivity contribution in [2.45, 2.75) is 25.7 Å². The summed E-state index contributed by atoms with van der Waals surface area (Å²) in [7, 11) is 0. The van der Waals surface area contributed by atoms with Gasteiger partial charge in [0.2, 0.25) is 0 Å². The second-order valence-corrected chi connectivity index (χ2v) is 8.41. The Bertz CT molecular complexity index is 936. The fourth-order valence-electron chi connectivity index (χ4n) is 3.52. The Morgan fingerprint density at radius 3 is 2.82 bits per heavy atom. The highest BCUT2D eigenvalue weighted by atomic mass is 127. The lowest BCUT2D eigenvalue weighted by atomic mass is 9.99. The maximum absolute atomic E-state index is 10.5. The second kappa shape index (κ2) is 8.57. The summed E-state index contributed by atoms with van der Waals surface area (Å²) in [6.45, 7) is 2.65. The number of phenolic OH excluding ortho intramolecular Hbond substituents is 1. The number of nitrogens with two attached hydrogens (primary N) is 1. The minimum absolute atomic E-state index is 0.107. The van der Waals surface area contributed by atoms with E-state index < -0.39 is 0 Å². The molecular formula is C21H24IN3O3. The number of benzene rings is 1. The molecule has 7 heteroatoms. The summed E-state index contributed by atoms with van der Waals surface area (Å²) in [6, 6.07) is 5.28. The van der Waals surface area contributed by atoms with Crippen LogP contribution in [0, 0.1) is 5.92 Å². The lowest BCUT2D eigenvalue weighted by Gasteiger charge is -2.23. The normalized spacial score (nSPS) is 18.2. The molecule has 1 fully saturated rings. The van der Waals surface area contributed by atoms with Crippen LogP contribution in [0.1, 0.15) is 25.7 Å². The van der Waals surface area contributed by atoms with Crippen molar-refractivity contribution in [2.75, 3.05) is 19.7 Å². The van der Waals surface area contributed by atoms with Crippen LogP contribution < -0.4 is 20.5 Å². The molecule has 2 aliphatic rings. The Balaban J connectivity index is 1.56. The lowest BCUT2D eigenvalue weighted by molar-refractivity contribution is 0.209. The average Bonchev–Trinajstić information content (AvgIpc) is 2.70. The highest BCUT2D eigenvalue weighted by molar-refractivity contribution is 14.1. The van der Waals surface area contributed by atoms with Gasteiger partial charge in [-0.25, -0.2) is 0 Å². The molecule has 148 valence electrons. The fraction of sp³-hybridized carbons (Fsp3) is 0.381.